The van der Waals surface area contributed by atoms with E-state index in [2.05, 4.69) is 19.9 Å². The maximum atomic E-state index is 4.59. The summed E-state index contributed by atoms with van der Waals surface area (Å²) in [5.41, 5.74) is 5.60. The van der Waals surface area contributed by atoms with E-state index < -0.39 is 0 Å². The first-order chi connectivity index (χ1) is 12.4. The molecule has 4 aromatic rings. The molecule has 3 aromatic heterocycles. The number of pyridine rings is 1. The van der Waals surface area contributed by atoms with Crippen LogP contribution < -0.4 is 0 Å². The van der Waals surface area contributed by atoms with Gasteiger partial charge in [0.25, 0.3) is 0 Å². The van der Waals surface area contributed by atoms with Crippen LogP contribution in [0.15, 0.2) is 67.0 Å². The first kappa shape index (κ1) is 15.0. The number of benzene rings is 1. The van der Waals surface area contributed by atoms with Crippen molar-refractivity contribution in [3.05, 3.63) is 89.8 Å². The van der Waals surface area contributed by atoms with Gasteiger partial charge in [-0.1, -0.05) is 18.2 Å². The van der Waals surface area contributed by atoms with E-state index in [0.717, 1.165) is 33.8 Å². The lowest BCUT2D eigenvalue weighted by Gasteiger charge is -1.97. The summed E-state index contributed by atoms with van der Waals surface area (Å²) in [4.78, 5) is 16.6. The van der Waals surface area contributed by atoms with Gasteiger partial charge >= 0.3 is 0 Å². The van der Waals surface area contributed by atoms with Crippen LogP contribution in [0.3, 0.4) is 0 Å². The van der Waals surface area contributed by atoms with E-state index in [1.165, 1.54) is 0 Å². The van der Waals surface area contributed by atoms with Crippen LogP contribution in [0, 0.1) is 0 Å². The zero-order valence-corrected chi connectivity index (χ0v) is 13.5. The van der Waals surface area contributed by atoms with Gasteiger partial charge in [0.05, 0.1) is 28.6 Å². The molecule has 0 aliphatic rings. The molecule has 0 amide bonds. The first-order valence-corrected chi connectivity index (χ1v) is 8.05. The largest absolute Gasteiger partial charge is 0.356 e. The van der Waals surface area contributed by atoms with Gasteiger partial charge in [-0.15, -0.1) is 0 Å². The Labute approximate surface area is 145 Å². The standard InChI is InChI=1S/C21H16N4/c1-2-7-21-20(6-1)23-15-19(25-21)13-12-18-11-10-17(24-18)9-8-16-5-3-4-14-22-16/h1-15,24H/b9-8+,13-12-. The van der Waals surface area contributed by atoms with Crippen molar-refractivity contribution >= 4 is 35.3 Å². The molecule has 3 heterocycles. The smallest absolute Gasteiger partial charge is 0.0894 e. The number of aromatic nitrogens is 4. The number of H-pyrrole nitrogens is 1. The lowest BCUT2D eigenvalue weighted by atomic mass is 10.3. The summed E-state index contributed by atoms with van der Waals surface area (Å²) in [6.07, 6.45) is 11.5. The fourth-order valence-corrected chi connectivity index (χ4v) is 2.50. The molecule has 25 heavy (non-hydrogen) atoms. The third-order valence-electron chi connectivity index (χ3n) is 3.75. The molecule has 4 heteroatoms. The number of rotatable bonds is 4. The number of fused-ring (bicyclic) bond motifs is 1. The van der Waals surface area contributed by atoms with Crippen LogP contribution in [-0.4, -0.2) is 19.9 Å². The molecule has 0 unspecified atom stereocenters. The van der Waals surface area contributed by atoms with Gasteiger partial charge in [-0.25, -0.2) is 4.98 Å². The maximum Gasteiger partial charge on any atom is 0.0894 e. The van der Waals surface area contributed by atoms with E-state index in [0.29, 0.717) is 0 Å². The first-order valence-electron chi connectivity index (χ1n) is 8.05. The van der Waals surface area contributed by atoms with E-state index in [4.69, 9.17) is 0 Å². The Bertz CT molecular complexity index is 1050. The van der Waals surface area contributed by atoms with Crippen LogP contribution in [0.25, 0.3) is 35.3 Å². The number of nitrogens with zero attached hydrogens (tertiary/aromatic N) is 3. The maximum absolute atomic E-state index is 4.59. The monoisotopic (exact) mass is 324 g/mol. The Balaban J connectivity index is 1.50. The minimum atomic E-state index is 0.832. The summed E-state index contributed by atoms with van der Waals surface area (Å²) >= 11 is 0. The quantitative estimate of drug-likeness (QED) is 0.592. The van der Waals surface area contributed by atoms with Crippen LogP contribution >= 0.6 is 0 Å². The predicted octanol–water partition coefficient (Wildman–Crippen LogP) is 4.69. The predicted molar refractivity (Wildman–Crippen MR) is 102 cm³/mol. The Kier molecular flexibility index (Phi) is 4.16. The van der Waals surface area contributed by atoms with Crippen LogP contribution in [0.2, 0.25) is 0 Å². The van der Waals surface area contributed by atoms with Gasteiger partial charge in [-0.2, -0.15) is 0 Å². The molecule has 0 radical (unpaired) electrons. The van der Waals surface area contributed by atoms with E-state index in [-0.39, 0.29) is 0 Å². The Morgan fingerprint density at radius 3 is 2.12 bits per heavy atom. The SMILES string of the molecule is C(=C/c1ccc(/C=C/c2ccccn2)[nH]1)/c1cnc2ccccc2n1. The summed E-state index contributed by atoms with van der Waals surface area (Å²) in [6, 6.07) is 17.8. The van der Waals surface area contributed by atoms with E-state index >= 15 is 0 Å². The summed E-state index contributed by atoms with van der Waals surface area (Å²) in [6.45, 7) is 0. The fraction of sp³-hybridized carbons (Fsp3) is 0. The molecule has 1 aromatic carbocycles. The zero-order valence-electron chi connectivity index (χ0n) is 13.5. The second-order valence-electron chi connectivity index (χ2n) is 5.57. The highest BCUT2D eigenvalue weighted by Crippen LogP contribution is 2.12. The van der Waals surface area contributed by atoms with Crippen molar-refractivity contribution in [1.82, 2.24) is 19.9 Å². The van der Waals surface area contributed by atoms with E-state index in [9.17, 15) is 0 Å². The molecule has 0 atom stereocenters. The summed E-state index contributed by atoms with van der Waals surface area (Å²) in [5, 5.41) is 0. The summed E-state index contributed by atoms with van der Waals surface area (Å²) in [5.74, 6) is 0. The molecule has 120 valence electrons. The van der Waals surface area contributed by atoms with Crippen LogP contribution in [0.1, 0.15) is 22.8 Å². The molecule has 0 spiro atoms. The normalized spacial score (nSPS) is 11.7. The number of aromatic amines is 1. The third kappa shape index (κ3) is 3.70. The topological polar surface area (TPSA) is 54.5 Å². The highest BCUT2D eigenvalue weighted by molar-refractivity contribution is 5.76. The molecule has 4 nitrogen and oxygen atoms in total. The number of nitrogens with one attached hydrogen (secondary N) is 1. The third-order valence-corrected chi connectivity index (χ3v) is 3.75. The summed E-state index contributed by atoms with van der Waals surface area (Å²) in [7, 11) is 0. The molecule has 1 N–H and O–H groups in total. The van der Waals surface area contributed by atoms with Crippen LogP contribution in [0.5, 0.6) is 0 Å². The average molecular weight is 324 g/mol. The lowest BCUT2D eigenvalue weighted by molar-refractivity contribution is 1.27. The molecule has 0 saturated heterocycles. The van der Waals surface area contributed by atoms with E-state index in [1.807, 2.05) is 78.9 Å². The highest BCUT2D eigenvalue weighted by atomic mass is 14.8. The Morgan fingerprint density at radius 2 is 1.36 bits per heavy atom. The van der Waals surface area contributed by atoms with Crippen molar-refractivity contribution in [2.45, 2.75) is 0 Å². The molecule has 0 aliphatic heterocycles. The van der Waals surface area contributed by atoms with Crippen molar-refractivity contribution in [1.29, 1.82) is 0 Å². The molecule has 0 fully saturated rings. The van der Waals surface area contributed by atoms with Gasteiger partial charge in [0.2, 0.25) is 0 Å². The van der Waals surface area contributed by atoms with Crippen molar-refractivity contribution in [2.24, 2.45) is 0 Å². The van der Waals surface area contributed by atoms with Crippen molar-refractivity contribution in [3.63, 3.8) is 0 Å². The molecule has 0 bridgehead atoms. The highest BCUT2D eigenvalue weighted by Gasteiger charge is 1.97. The second-order valence-corrected chi connectivity index (χ2v) is 5.57. The van der Waals surface area contributed by atoms with Gasteiger partial charge in [0.1, 0.15) is 0 Å². The molecule has 4 rings (SSSR count). The Morgan fingerprint density at radius 1 is 0.640 bits per heavy atom. The zero-order chi connectivity index (χ0) is 16.9. The van der Waals surface area contributed by atoms with Crippen LogP contribution in [-0.2, 0) is 0 Å². The molecule has 0 saturated carbocycles. The van der Waals surface area contributed by atoms with E-state index in [1.54, 1.807) is 12.4 Å². The minimum absolute atomic E-state index is 0.832. The van der Waals surface area contributed by atoms with Gasteiger partial charge < -0.3 is 4.98 Å². The van der Waals surface area contributed by atoms with Gasteiger partial charge in [-0.05, 0) is 60.7 Å². The van der Waals surface area contributed by atoms with Crippen molar-refractivity contribution in [3.8, 4) is 0 Å². The molecule has 0 aliphatic carbocycles. The van der Waals surface area contributed by atoms with Crippen LogP contribution in [0.4, 0.5) is 0 Å². The number of hydrogen-bond acceptors (Lipinski definition) is 3. The lowest BCUT2D eigenvalue weighted by Crippen LogP contribution is -1.86. The summed E-state index contributed by atoms with van der Waals surface area (Å²) < 4.78 is 0. The average Bonchev–Trinajstić information content (AvgIpc) is 3.13. The van der Waals surface area contributed by atoms with Gasteiger partial charge in [0, 0.05) is 17.6 Å². The second kappa shape index (κ2) is 6.93. The minimum Gasteiger partial charge on any atom is -0.356 e. The molecular formula is C21H16N4. The van der Waals surface area contributed by atoms with Gasteiger partial charge in [0.15, 0.2) is 0 Å². The number of hydrogen-bond donors (Lipinski definition) is 1. The fourth-order valence-electron chi connectivity index (χ4n) is 2.50. The molecular weight excluding hydrogens is 308 g/mol. The Hall–Kier alpha value is -3.53. The van der Waals surface area contributed by atoms with Crippen molar-refractivity contribution in [2.75, 3.05) is 0 Å². The van der Waals surface area contributed by atoms with Crippen molar-refractivity contribution < 1.29 is 0 Å². The van der Waals surface area contributed by atoms with Gasteiger partial charge in [-0.3, -0.25) is 9.97 Å². The number of para-hydroxylation sites is 2.